The lowest BCUT2D eigenvalue weighted by atomic mass is 9.82. The Morgan fingerprint density at radius 2 is 1.41 bits per heavy atom. The molecule has 4 heteroatoms. The molecule has 0 atom stereocenters. The molecule has 0 aliphatic heterocycles. The molecule has 1 saturated carbocycles. The second-order valence-corrected chi connectivity index (χ2v) is 6.77. The first-order valence-electron chi connectivity index (χ1n) is 8.87. The maximum atomic E-state index is 12.0. The molecule has 1 aliphatic carbocycles. The van der Waals surface area contributed by atoms with Crippen molar-refractivity contribution in [3.63, 3.8) is 0 Å². The Morgan fingerprint density at radius 1 is 0.909 bits per heavy atom. The summed E-state index contributed by atoms with van der Waals surface area (Å²) in [5, 5.41) is 0. The summed E-state index contributed by atoms with van der Waals surface area (Å²) in [6, 6.07) is 0. The van der Waals surface area contributed by atoms with Crippen molar-refractivity contribution in [2.75, 3.05) is 13.2 Å². The van der Waals surface area contributed by atoms with Crippen molar-refractivity contribution in [2.45, 2.75) is 72.1 Å². The van der Waals surface area contributed by atoms with Gasteiger partial charge in [0.1, 0.15) is 0 Å². The smallest absolute Gasteiger partial charge is 0.308 e. The van der Waals surface area contributed by atoms with Crippen LogP contribution in [0.15, 0.2) is 0 Å². The highest BCUT2D eigenvalue weighted by Crippen LogP contribution is 2.30. The van der Waals surface area contributed by atoms with Crippen LogP contribution in [0.3, 0.4) is 0 Å². The topological polar surface area (TPSA) is 52.6 Å². The zero-order valence-electron chi connectivity index (χ0n) is 14.4. The van der Waals surface area contributed by atoms with Crippen LogP contribution in [0.1, 0.15) is 72.1 Å². The maximum Gasteiger partial charge on any atom is 0.308 e. The molecule has 1 aliphatic rings. The summed E-state index contributed by atoms with van der Waals surface area (Å²) in [7, 11) is 0. The highest BCUT2D eigenvalue weighted by Gasteiger charge is 2.31. The third-order valence-electron chi connectivity index (χ3n) is 4.26. The molecule has 0 N–H and O–H groups in total. The van der Waals surface area contributed by atoms with Crippen molar-refractivity contribution < 1.29 is 19.1 Å². The van der Waals surface area contributed by atoms with Gasteiger partial charge < -0.3 is 9.47 Å². The van der Waals surface area contributed by atoms with Crippen molar-refractivity contribution in [2.24, 2.45) is 17.8 Å². The first-order valence-corrected chi connectivity index (χ1v) is 8.87. The molecule has 1 rings (SSSR count). The number of carbonyl (C=O) groups excluding carboxylic acids is 2. The molecule has 0 aromatic rings. The van der Waals surface area contributed by atoms with Crippen LogP contribution in [0.5, 0.6) is 0 Å². The van der Waals surface area contributed by atoms with Gasteiger partial charge in [-0.1, -0.05) is 27.2 Å². The fourth-order valence-electron chi connectivity index (χ4n) is 2.83. The van der Waals surface area contributed by atoms with Gasteiger partial charge in [-0.2, -0.15) is 0 Å². The first kappa shape index (κ1) is 19.0. The number of carbonyl (C=O) groups is 2. The molecule has 22 heavy (non-hydrogen) atoms. The maximum absolute atomic E-state index is 12.0. The Labute approximate surface area is 134 Å². The van der Waals surface area contributed by atoms with Crippen LogP contribution in [-0.4, -0.2) is 25.2 Å². The second-order valence-electron chi connectivity index (χ2n) is 6.77. The normalized spacial score (nSPS) is 21.6. The summed E-state index contributed by atoms with van der Waals surface area (Å²) >= 11 is 0. The van der Waals surface area contributed by atoms with Crippen molar-refractivity contribution in [1.82, 2.24) is 0 Å². The predicted octanol–water partition coefficient (Wildman–Crippen LogP) is 4.12. The molecule has 0 aromatic carbocycles. The Balaban J connectivity index is 2.15. The van der Waals surface area contributed by atoms with Gasteiger partial charge in [0.05, 0.1) is 25.0 Å². The van der Waals surface area contributed by atoms with Gasteiger partial charge >= 0.3 is 11.9 Å². The van der Waals surface area contributed by atoms with E-state index in [0.717, 1.165) is 44.9 Å². The van der Waals surface area contributed by atoms with Crippen molar-refractivity contribution in [3.8, 4) is 0 Å². The molecular formula is C18H32O4. The van der Waals surface area contributed by atoms with Crippen LogP contribution < -0.4 is 0 Å². The lowest BCUT2D eigenvalue weighted by Gasteiger charge is -2.25. The lowest BCUT2D eigenvalue weighted by molar-refractivity contribution is -0.155. The van der Waals surface area contributed by atoms with E-state index in [1.807, 2.05) is 6.92 Å². The summed E-state index contributed by atoms with van der Waals surface area (Å²) in [6.07, 6.45) is 7.08. The Morgan fingerprint density at radius 3 is 1.86 bits per heavy atom. The molecule has 0 amide bonds. The monoisotopic (exact) mass is 312 g/mol. The van der Waals surface area contributed by atoms with E-state index in [9.17, 15) is 9.59 Å². The van der Waals surface area contributed by atoms with Crippen LogP contribution in [0, 0.1) is 17.8 Å². The molecular weight excluding hydrogens is 280 g/mol. The van der Waals surface area contributed by atoms with Gasteiger partial charge in [-0.15, -0.1) is 0 Å². The summed E-state index contributed by atoms with van der Waals surface area (Å²) < 4.78 is 10.6. The number of rotatable bonds is 9. The average molecular weight is 312 g/mol. The summed E-state index contributed by atoms with van der Waals surface area (Å²) in [5.74, 6) is 0.479. The minimum Gasteiger partial charge on any atom is -0.465 e. The number of ether oxygens (including phenoxy) is 2. The van der Waals surface area contributed by atoms with Gasteiger partial charge in [-0.25, -0.2) is 0 Å². The molecule has 0 radical (unpaired) electrons. The molecule has 0 heterocycles. The molecule has 0 aromatic heterocycles. The van der Waals surface area contributed by atoms with Gasteiger partial charge in [-0.05, 0) is 50.9 Å². The molecule has 4 nitrogen and oxygen atoms in total. The van der Waals surface area contributed by atoms with E-state index < -0.39 is 0 Å². The van der Waals surface area contributed by atoms with E-state index >= 15 is 0 Å². The Bertz CT molecular complexity index is 330. The molecule has 1 fully saturated rings. The van der Waals surface area contributed by atoms with Crippen LogP contribution in [-0.2, 0) is 19.1 Å². The van der Waals surface area contributed by atoms with E-state index in [-0.39, 0.29) is 23.8 Å². The van der Waals surface area contributed by atoms with Gasteiger partial charge in [0.15, 0.2) is 0 Å². The van der Waals surface area contributed by atoms with Gasteiger partial charge in [0.25, 0.3) is 0 Å². The molecule has 128 valence electrons. The largest absolute Gasteiger partial charge is 0.465 e. The number of hydrogen-bond acceptors (Lipinski definition) is 4. The summed E-state index contributed by atoms with van der Waals surface area (Å²) in [4.78, 5) is 23.8. The number of unbranched alkanes of at least 4 members (excludes halogenated alkanes) is 1. The van der Waals surface area contributed by atoms with E-state index in [0.29, 0.717) is 19.1 Å². The number of hydrogen-bond donors (Lipinski definition) is 0. The Hall–Kier alpha value is -1.06. The highest BCUT2D eigenvalue weighted by molar-refractivity contribution is 5.75. The molecule has 0 saturated heterocycles. The van der Waals surface area contributed by atoms with E-state index in [2.05, 4.69) is 13.8 Å². The van der Waals surface area contributed by atoms with Crippen molar-refractivity contribution >= 4 is 11.9 Å². The standard InChI is InChI=1S/C18H32O4/c1-4-12-21-17(19)15-8-10-16(11-9-15)18(20)22-13-6-5-7-14(2)3/h14-16H,4-13H2,1-3H3. The van der Waals surface area contributed by atoms with Crippen LogP contribution in [0.2, 0.25) is 0 Å². The number of esters is 2. The van der Waals surface area contributed by atoms with E-state index in [4.69, 9.17) is 9.47 Å². The molecule has 0 unspecified atom stereocenters. The summed E-state index contributed by atoms with van der Waals surface area (Å²) in [6.45, 7) is 7.43. The van der Waals surface area contributed by atoms with Crippen LogP contribution in [0.4, 0.5) is 0 Å². The van der Waals surface area contributed by atoms with Gasteiger partial charge in [-0.3, -0.25) is 9.59 Å². The van der Waals surface area contributed by atoms with E-state index in [1.165, 1.54) is 6.42 Å². The van der Waals surface area contributed by atoms with Gasteiger partial charge in [0, 0.05) is 0 Å². The molecule has 0 spiro atoms. The zero-order valence-corrected chi connectivity index (χ0v) is 14.4. The zero-order chi connectivity index (χ0) is 16.4. The Kier molecular flexibility index (Phi) is 9.17. The fourth-order valence-corrected chi connectivity index (χ4v) is 2.83. The minimum absolute atomic E-state index is 0.0263. The van der Waals surface area contributed by atoms with Crippen LogP contribution >= 0.6 is 0 Å². The minimum atomic E-state index is -0.0950. The second kappa shape index (κ2) is 10.6. The molecule has 0 bridgehead atoms. The first-order chi connectivity index (χ1) is 10.5. The third-order valence-corrected chi connectivity index (χ3v) is 4.26. The van der Waals surface area contributed by atoms with Gasteiger partial charge in [0.2, 0.25) is 0 Å². The van der Waals surface area contributed by atoms with Crippen LogP contribution in [0.25, 0.3) is 0 Å². The van der Waals surface area contributed by atoms with Crippen molar-refractivity contribution in [1.29, 1.82) is 0 Å². The average Bonchev–Trinajstić information content (AvgIpc) is 2.52. The van der Waals surface area contributed by atoms with E-state index in [1.54, 1.807) is 0 Å². The third kappa shape index (κ3) is 7.28. The lowest BCUT2D eigenvalue weighted by Crippen LogP contribution is -2.28. The highest BCUT2D eigenvalue weighted by atomic mass is 16.5. The predicted molar refractivity (Wildman–Crippen MR) is 86.3 cm³/mol. The summed E-state index contributed by atoms with van der Waals surface area (Å²) in [5.41, 5.74) is 0. The quantitative estimate of drug-likeness (QED) is 0.475. The van der Waals surface area contributed by atoms with Crippen molar-refractivity contribution in [3.05, 3.63) is 0 Å². The SMILES string of the molecule is CCCOC(=O)C1CCC(C(=O)OCCCCC(C)C)CC1. The fraction of sp³-hybridized carbons (Fsp3) is 0.889.